The normalized spacial score (nSPS) is 10.6. The summed E-state index contributed by atoms with van der Waals surface area (Å²) < 4.78 is 19.2. The van der Waals surface area contributed by atoms with Gasteiger partial charge >= 0.3 is 0 Å². The van der Waals surface area contributed by atoms with Crippen LogP contribution in [0.1, 0.15) is 28.4 Å². The lowest BCUT2D eigenvalue weighted by atomic mass is 10.2. The molecule has 3 aromatic rings. The molecule has 3 aromatic carbocycles. The molecule has 7 heteroatoms. The molecule has 0 aliphatic rings. The van der Waals surface area contributed by atoms with Gasteiger partial charge in [-0.3, -0.25) is 9.59 Å². The lowest BCUT2D eigenvalue weighted by molar-refractivity contribution is -0.114. The van der Waals surface area contributed by atoms with Crippen molar-refractivity contribution in [2.24, 2.45) is 5.10 Å². The number of rotatable bonds is 7. The Labute approximate surface area is 173 Å². The molecule has 0 unspecified atom stereocenters. The standard InChI is InChI=1S/C23H20FN3O3/c1-16(28)26-20-10-8-18(9-11-20)23(29)27-25-14-17-6-12-21(13-7-17)30-15-19-4-2-3-5-22(19)24/h2-14H,15H2,1H3,(H,26,28)(H,27,29)/b25-14-. The summed E-state index contributed by atoms with van der Waals surface area (Å²) in [7, 11) is 0. The van der Waals surface area contributed by atoms with Crippen LogP contribution in [-0.4, -0.2) is 18.0 Å². The first kappa shape index (κ1) is 20.7. The number of ether oxygens (including phenoxy) is 1. The zero-order valence-electron chi connectivity index (χ0n) is 16.3. The van der Waals surface area contributed by atoms with E-state index in [0.29, 0.717) is 22.6 Å². The van der Waals surface area contributed by atoms with Crippen molar-refractivity contribution in [1.29, 1.82) is 0 Å². The molecule has 30 heavy (non-hydrogen) atoms. The summed E-state index contributed by atoms with van der Waals surface area (Å²) in [4.78, 5) is 23.1. The number of carbonyl (C=O) groups excluding carboxylic acids is 2. The van der Waals surface area contributed by atoms with Crippen LogP contribution in [0, 0.1) is 5.82 Å². The maximum Gasteiger partial charge on any atom is 0.271 e. The zero-order chi connectivity index (χ0) is 21.3. The van der Waals surface area contributed by atoms with Crippen LogP contribution in [0.3, 0.4) is 0 Å². The lowest BCUT2D eigenvalue weighted by Gasteiger charge is -2.07. The summed E-state index contributed by atoms with van der Waals surface area (Å²) in [6, 6.07) is 19.9. The van der Waals surface area contributed by atoms with E-state index in [1.54, 1.807) is 66.7 Å². The quantitative estimate of drug-likeness (QED) is 0.458. The van der Waals surface area contributed by atoms with Gasteiger partial charge in [-0.05, 0) is 60.2 Å². The molecule has 2 N–H and O–H groups in total. The molecule has 0 fully saturated rings. The van der Waals surface area contributed by atoms with Gasteiger partial charge < -0.3 is 10.1 Å². The van der Waals surface area contributed by atoms with E-state index in [2.05, 4.69) is 15.8 Å². The average Bonchev–Trinajstić information content (AvgIpc) is 2.74. The van der Waals surface area contributed by atoms with Crippen LogP contribution < -0.4 is 15.5 Å². The van der Waals surface area contributed by atoms with Crippen LogP contribution in [0.2, 0.25) is 0 Å². The molecule has 152 valence electrons. The molecule has 0 aliphatic carbocycles. The minimum atomic E-state index is -0.370. The van der Waals surface area contributed by atoms with Gasteiger partial charge in [0.15, 0.2) is 0 Å². The second-order valence-electron chi connectivity index (χ2n) is 6.41. The third-order valence-electron chi connectivity index (χ3n) is 4.08. The number of benzene rings is 3. The fraction of sp³-hybridized carbons (Fsp3) is 0.0870. The lowest BCUT2D eigenvalue weighted by Crippen LogP contribution is -2.17. The first-order valence-electron chi connectivity index (χ1n) is 9.18. The number of hydrazone groups is 1. The zero-order valence-corrected chi connectivity index (χ0v) is 16.3. The van der Waals surface area contributed by atoms with E-state index in [1.807, 2.05) is 0 Å². The largest absolute Gasteiger partial charge is 0.489 e. The van der Waals surface area contributed by atoms with Crippen LogP contribution in [0.25, 0.3) is 0 Å². The highest BCUT2D eigenvalue weighted by Gasteiger charge is 2.05. The Morgan fingerprint density at radius 3 is 2.37 bits per heavy atom. The van der Waals surface area contributed by atoms with Gasteiger partial charge in [-0.1, -0.05) is 18.2 Å². The van der Waals surface area contributed by atoms with Gasteiger partial charge in [-0.25, -0.2) is 9.82 Å². The third kappa shape index (κ3) is 6.00. The summed E-state index contributed by atoms with van der Waals surface area (Å²) >= 11 is 0. The Kier molecular flexibility index (Phi) is 6.89. The maximum absolute atomic E-state index is 13.6. The third-order valence-corrected chi connectivity index (χ3v) is 4.08. The second-order valence-corrected chi connectivity index (χ2v) is 6.41. The van der Waals surface area contributed by atoms with E-state index < -0.39 is 0 Å². The molecule has 6 nitrogen and oxygen atoms in total. The molecule has 0 aromatic heterocycles. The molecular weight excluding hydrogens is 385 g/mol. The summed E-state index contributed by atoms with van der Waals surface area (Å²) in [5.74, 6) is -0.258. The Bertz CT molecular complexity index is 1050. The van der Waals surface area contributed by atoms with E-state index in [-0.39, 0.29) is 24.2 Å². The number of hydrogen-bond donors (Lipinski definition) is 2. The maximum atomic E-state index is 13.6. The van der Waals surface area contributed by atoms with E-state index in [0.717, 1.165) is 5.56 Å². The van der Waals surface area contributed by atoms with E-state index in [9.17, 15) is 14.0 Å². The molecule has 3 rings (SSSR count). The van der Waals surface area contributed by atoms with Crippen molar-refractivity contribution in [2.75, 3.05) is 5.32 Å². The number of halogens is 1. The second kappa shape index (κ2) is 9.97. The first-order chi connectivity index (χ1) is 14.5. The van der Waals surface area contributed by atoms with Gasteiger partial charge in [-0.15, -0.1) is 0 Å². The summed E-state index contributed by atoms with van der Waals surface area (Å²) in [5, 5.41) is 6.57. The summed E-state index contributed by atoms with van der Waals surface area (Å²) in [6.07, 6.45) is 1.50. The van der Waals surface area contributed by atoms with Gasteiger partial charge in [0.2, 0.25) is 5.91 Å². The van der Waals surface area contributed by atoms with Crippen LogP contribution >= 0.6 is 0 Å². The number of nitrogens with one attached hydrogen (secondary N) is 2. The first-order valence-corrected chi connectivity index (χ1v) is 9.18. The predicted octanol–water partition coefficient (Wildman–Crippen LogP) is 4.13. The van der Waals surface area contributed by atoms with Crippen molar-refractivity contribution in [1.82, 2.24) is 5.43 Å². The van der Waals surface area contributed by atoms with Gasteiger partial charge in [-0.2, -0.15) is 5.10 Å². The predicted molar refractivity (Wildman–Crippen MR) is 113 cm³/mol. The highest BCUT2D eigenvalue weighted by molar-refractivity contribution is 5.96. The number of nitrogens with zero attached hydrogens (tertiary/aromatic N) is 1. The topological polar surface area (TPSA) is 79.8 Å². The van der Waals surface area contributed by atoms with Gasteiger partial charge in [0.1, 0.15) is 18.2 Å². The van der Waals surface area contributed by atoms with Crippen molar-refractivity contribution in [3.05, 3.63) is 95.3 Å². The molecule has 0 spiro atoms. The number of hydrogen-bond acceptors (Lipinski definition) is 4. The average molecular weight is 405 g/mol. The molecule has 0 aliphatic heterocycles. The number of anilines is 1. The van der Waals surface area contributed by atoms with Crippen molar-refractivity contribution >= 4 is 23.7 Å². The fourth-order valence-corrected chi connectivity index (χ4v) is 2.56. The molecule has 2 amide bonds. The molecule has 0 saturated carbocycles. The molecule has 0 bridgehead atoms. The Morgan fingerprint density at radius 1 is 1.00 bits per heavy atom. The van der Waals surface area contributed by atoms with Crippen LogP contribution in [-0.2, 0) is 11.4 Å². The van der Waals surface area contributed by atoms with Crippen molar-refractivity contribution < 1.29 is 18.7 Å². The van der Waals surface area contributed by atoms with Gasteiger partial charge in [0.05, 0.1) is 6.21 Å². The van der Waals surface area contributed by atoms with Gasteiger partial charge in [0, 0.05) is 23.7 Å². The fourth-order valence-electron chi connectivity index (χ4n) is 2.56. The smallest absolute Gasteiger partial charge is 0.271 e. The van der Waals surface area contributed by atoms with E-state index in [1.165, 1.54) is 19.2 Å². The molecule has 0 radical (unpaired) electrons. The van der Waals surface area contributed by atoms with Crippen LogP contribution in [0.4, 0.5) is 10.1 Å². The Hall–Kier alpha value is -4.00. The molecule has 0 heterocycles. The van der Waals surface area contributed by atoms with E-state index in [4.69, 9.17) is 4.74 Å². The molecule has 0 atom stereocenters. The number of carbonyl (C=O) groups is 2. The minimum absolute atomic E-state index is 0.136. The van der Waals surface area contributed by atoms with Crippen molar-refractivity contribution in [2.45, 2.75) is 13.5 Å². The van der Waals surface area contributed by atoms with Crippen molar-refractivity contribution in [3.8, 4) is 5.75 Å². The summed E-state index contributed by atoms with van der Waals surface area (Å²) in [6.45, 7) is 1.55. The summed E-state index contributed by atoms with van der Waals surface area (Å²) in [5.41, 5.74) is 4.71. The number of amides is 2. The highest BCUT2D eigenvalue weighted by atomic mass is 19.1. The SMILES string of the molecule is CC(=O)Nc1ccc(C(=O)N/N=C\c2ccc(OCc3ccccc3F)cc2)cc1. The van der Waals surface area contributed by atoms with Crippen LogP contribution in [0.15, 0.2) is 77.9 Å². The van der Waals surface area contributed by atoms with Crippen molar-refractivity contribution in [3.63, 3.8) is 0 Å². The molecule has 0 saturated heterocycles. The van der Waals surface area contributed by atoms with Gasteiger partial charge in [0.25, 0.3) is 5.91 Å². The monoisotopic (exact) mass is 405 g/mol. The van der Waals surface area contributed by atoms with E-state index >= 15 is 0 Å². The highest BCUT2D eigenvalue weighted by Crippen LogP contribution is 2.15. The molecular formula is C23H20FN3O3. The Balaban J connectivity index is 1.50. The van der Waals surface area contributed by atoms with Crippen LogP contribution in [0.5, 0.6) is 5.75 Å². The Morgan fingerprint density at radius 2 is 1.70 bits per heavy atom. The minimum Gasteiger partial charge on any atom is -0.489 e.